The average molecular weight is 703 g/mol. The Morgan fingerprint density at radius 2 is 1.23 bits per heavy atom. The van der Waals surface area contributed by atoms with Crippen molar-refractivity contribution < 1.29 is 45.8 Å². The fraction of sp³-hybridized carbons (Fsp3) is 0.472. The van der Waals surface area contributed by atoms with Gasteiger partial charge in [-0.2, -0.15) is 8.42 Å². The molecule has 0 N–H and O–H groups in total. The first kappa shape index (κ1) is 36.3. The van der Waals surface area contributed by atoms with E-state index in [4.69, 9.17) is 44.2 Å². The lowest BCUT2D eigenvalue weighted by Crippen LogP contribution is -2.35. The molecular weight excluding hydrogens is 660 g/mol. The lowest BCUT2D eigenvalue weighted by molar-refractivity contribution is -0.198. The van der Waals surface area contributed by atoms with Gasteiger partial charge in [-0.05, 0) is 106 Å². The van der Waals surface area contributed by atoms with Crippen LogP contribution < -0.4 is 9.47 Å². The van der Waals surface area contributed by atoms with Gasteiger partial charge in [0.25, 0.3) is 10.1 Å². The molecule has 2 fully saturated rings. The first-order chi connectivity index (χ1) is 23.3. The van der Waals surface area contributed by atoms with E-state index in [9.17, 15) is 13.2 Å². The van der Waals surface area contributed by atoms with Gasteiger partial charge in [0.2, 0.25) is 0 Å². The van der Waals surface area contributed by atoms with Gasteiger partial charge < -0.3 is 28.4 Å². The van der Waals surface area contributed by atoms with Gasteiger partial charge in [-0.15, -0.1) is 11.6 Å². The van der Waals surface area contributed by atoms with Gasteiger partial charge in [0.05, 0.1) is 17.4 Å². The van der Waals surface area contributed by atoms with Crippen molar-refractivity contribution in [1.29, 1.82) is 0 Å². The molecule has 48 heavy (non-hydrogen) atoms. The maximum Gasteiger partial charge on any atom is 0.297 e. The molecule has 3 aromatic rings. The minimum Gasteiger partial charge on any atom is -0.491 e. The molecule has 0 spiro atoms. The predicted molar refractivity (Wildman–Crippen MR) is 179 cm³/mol. The van der Waals surface area contributed by atoms with Crippen molar-refractivity contribution in [2.45, 2.75) is 75.1 Å². The van der Waals surface area contributed by atoms with Gasteiger partial charge in [0.15, 0.2) is 18.4 Å². The van der Waals surface area contributed by atoms with Crippen molar-refractivity contribution >= 4 is 27.5 Å². The van der Waals surface area contributed by atoms with Gasteiger partial charge >= 0.3 is 0 Å². The molecule has 0 radical (unpaired) electrons. The van der Waals surface area contributed by atoms with Crippen molar-refractivity contribution in [2.24, 2.45) is 0 Å². The van der Waals surface area contributed by atoms with Crippen molar-refractivity contribution in [1.82, 2.24) is 0 Å². The number of ketones is 1. The standard InChI is InChI=1S/C36H43ClO10S/c1-26-8-18-33(19-9-26)48(39,40)45-25-32(47-35-7-3-5-21-42-35)24-44-30-16-12-28(13-17-30)36(38)27-10-14-29(15-11-27)43-23-31(22-37)46-34-6-2-4-20-41-34/h8-19,31-32,34-35H,2-7,20-25H2,1H3. The Balaban J connectivity index is 1.13. The van der Waals surface area contributed by atoms with E-state index >= 15 is 0 Å². The number of benzene rings is 3. The minimum atomic E-state index is -3.99. The maximum atomic E-state index is 13.2. The van der Waals surface area contributed by atoms with Crippen LogP contribution in [-0.2, 0) is 33.2 Å². The summed E-state index contributed by atoms with van der Waals surface area (Å²) in [6, 6.07) is 20.1. The van der Waals surface area contributed by atoms with E-state index in [1.54, 1.807) is 60.7 Å². The topological polar surface area (TPSA) is 116 Å². The second-order valence-corrected chi connectivity index (χ2v) is 13.7. The van der Waals surface area contributed by atoms with Crippen LogP contribution in [-0.4, -0.2) is 77.9 Å². The van der Waals surface area contributed by atoms with Crippen LogP contribution in [0.5, 0.6) is 11.5 Å². The zero-order valence-corrected chi connectivity index (χ0v) is 28.7. The molecule has 10 nitrogen and oxygen atoms in total. The van der Waals surface area contributed by atoms with Gasteiger partial charge in [-0.25, -0.2) is 0 Å². The third-order valence-corrected chi connectivity index (χ3v) is 9.60. The SMILES string of the molecule is Cc1ccc(S(=O)(=O)OCC(COc2ccc(C(=O)c3ccc(OCC(CCl)OC4CCCCO4)cc3)cc2)OC2CCCCO2)cc1. The van der Waals surface area contributed by atoms with Gasteiger partial charge in [-0.3, -0.25) is 8.98 Å². The van der Waals surface area contributed by atoms with E-state index < -0.39 is 22.5 Å². The Morgan fingerprint density at radius 3 is 1.71 bits per heavy atom. The molecule has 0 amide bonds. The normalized spacial score (nSPS) is 19.7. The Labute approximate surface area is 287 Å². The fourth-order valence-electron chi connectivity index (χ4n) is 5.20. The lowest BCUT2D eigenvalue weighted by atomic mass is 10.0. The number of carbonyl (C=O) groups is 1. The summed E-state index contributed by atoms with van der Waals surface area (Å²) in [5, 5.41) is 0. The van der Waals surface area contributed by atoms with Crippen LogP contribution in [0.2, 0.25) is 0 Å². The van der Waals surface area contributed by atoms with Crippen molar-refractivity contribution in [2.75, 3.05) is 38.9 Å². The van der Waals surface area contributed by atoms with Crippen LogP contribution in [0.15, 0.2) is 77.7 Å². The summed E-state index contributed by atoms with van der Waals surface area (Å²) in [6.07, 6.45) is 3.80. The van der Waals surface area contributed by atoms with Crippen LogP contribution in [0.4, 0.5) is 0 Å². The first-order valence-electron chi connectivity index (χ1n) is 16.4. The molecule has 4 atom stereocenters. The van der Waals surface area contributed by atoms with E-state index in [1.807, 2.05) is 6.92 Å². The largest absolute Gasteiger partial charge is 0.491 e. The quantitative estimate of drug-likeness (QED) is 0.0883. The van der Waals surface area contributed by atoms with Crippen molar-refractivity contribution in [3.63, 3.8) is 0 Å². The first-order valence-corrected chi connectivity index (χ1v) is 18.3. The molecule has 5 rings (SSSR count). The summed E-state index contributed by atoms with van der Waals surface area (Å²) in [5.41, 5.74) is 1.93. The number of rotatable bonds is 17. The highest BCUT2D eigenvalue weighted by molar-refractivity contribution is 7.86. The molecule has 0 aliphatic carbocycles. The molecular formula is C36H43ClO10S. The van der Waals surface area contributed by atoms with Gasteiger partial charge in [-0.1, -0.05) is 17.7 Å². The molecule has 2 saturated heterocycles. The van der Waals surface area contributed by atoms with E-state index in [0.29, 0.717) is 42.3 Å². The Morgan fingerprint density at radius 1 is 0.729 bits per heavy atom. The molecule has 12 heteroatoms. The second-order valence-electron chi connectivity index (χ2n) is 11.8. The molecule has 3 aromatic carbocycles. The third kappa shape index (κ3) is 11.0. The van der Waals surface area contributed by atoms with E-state index in [-0.39, 0.29) is 48.8 Å². The third-order valence-electron chi connectivity index (χ3n) is 7.96. The van der Waals surface area contributed by atoms with Crippen LogP contribution in [0.25, 0.3) is 0 Å². The zero-order valence-electron chi connectivity index (χ0n) is 27.1. The van der Waals surface area contributed by atoms with E-state index in [1.165, 1.54) is 12.1 Å². The van der Waals surface area contributed by atoms with Crippen molar-refractivity contribution in [3.8, 4) is 11.5 Å². The van der Waals surface area contributed by atoms with Crippen LogP contribution >= 0.6 is 11.6 Å². The number of hydrogen-bond donors (Lipinski definition) is 0. The molecule has 260 valence electrons. The Kier molecular flexibility index (Phi) is 13.7. The summed E-state index contributed by atoms with van der Waals surface area (Å²) < 4.78 is 66.0. The van der Waals surface area contributed by atoms with Crippen LogP contribution in [0.3, 0.4) is 0 Å². The zero-order chi connectivity index (χ0) is 33.8. The highest BCUT2D eigenvalue weighted by atomic mass is 35.5. The molecule has 0 aromatic heterocycles. The molecule has 2 aliphatic rings. The molecule has 0 bridgehead atoms. The van der Waals surface area contributed by atoms with Gasteiger partial charge in [0, 0.05) is 24.3 Å². The number of carbonyl (C=O) groups excluding carboxylic acids is 1. The molecule has 2 aliphatic heterocycles. The Hall–Kier alpha value is -3.03. The number of aryl methyl sites for hydroxylation is 1. The van der Waals surface area contributed by atoms with Gasteiger partial charge in [0.1, 0.15) is 36.9 Å². The Bertz CT molecular complexity index is 1520. The summed E-state index contributed by atoms with van der Waals surface area (Å²) in [4.78, 5) is 13.2. The highest BCUT2D eigenvalue weighted by Gasteiger charge is 2.25. The molecule has 2 heterocycles. The summed E-state index contributed by atoms with van der Waals surface area (Å²) in [5.74, 6) is 1.21. The maximum absolute atomic E-state index is 13.2. The highest BCUT2D eigenvalue weighted by Crippen LogP contribution is 2.22. The number of ether oxygens (including phenoxy) is 6. The number of alkyl halides is 1. The monoisotopic (exact) mass is 702 g/mol. The van der Waals surface area contributed by atoms with E-state index in [2.05, 4.69) is 0 Å². The molecule has 0 saturated carbocycles. The summed E-state index contributed by atoms with van der Waals surface area (Å²) in [7, 11) is -3.99. The summed E-state index contributed by atoms with van der Waals surface area (Å²) in [6.45, 7) is 3.18. The number of halogens is 1. The van der Waals surface area contributed by atoms with E-state index in [0.717, 1.165) is 37.7 Å². The number of hydrogen-bond acceptors (Lipinski definition) is 10. The minimum absolute atomic E-state index is 0.0152. The second kappa shape index (κ2) is 18.1. The average Bonchev–Trinajstić information content (AvgIpc) is 3.12. The molecule has 4 unspecified atom stereocenters. The smallest absolute Gasteiger partial charge is 0.297 e. The van der Waals surface area contributed by atoms with Crippen molar-refractivity contribution in [3.05, 3.63) is 89.5 Å². The van der Waals surface area contributed by atoms with Crippen LogP contribution in [0, 0.1) is 6.92 Å². The van der Waals surface area contributed by atoms with Crippen LogP contribution in [0.1, 0.15) is 60.0 Å². The fourth-order valence-corrected chi connectivity index (χ4v) is 6.30. The summed E-state index contributed by atoms with van der Waals surface area (Å²) >= 11 is 6.08. The lowest BCUT2D eigenvalue weighted by Gasteiger charge is -2.27. The predicted octanol–water partition coefficient (Wildman–Crippen LogP) is 6.45.